The molecular formula is CH3N2P. The van der Waals surface area contributed by atoms with Crippen molar-refractivity contribution in [3.63, 3.8) is 0 Å². The van der Waals surface area contributed by atoms with Crippen molar-refractivity contribution in [3.8, 4) is 0 Å². The minimum absolute atomic E-state index is 0.958. The maximum atomic E-state index is 3.53. The van der Waals surface area contributed by atoms with Crippen LogP contribution in [-0.4, -0.2) is 5.58 Å². The molecule has 0 aromatic carbocycles. The Morgan fingerprint density at radius 2 is 2.25 bits per heavy atom. The van der Waals surface area contributed by atoms with E-state index in [1.54, 1.807) is 0 Å². The highest BCUT2D eigenvalue weighted by atomic mass is 31.0. The fourth-order valence-electron chi connectivity index (χ4n) is 0.0323. The maximum absolute atomic E-state index is 3.53. The molecule has 1 atom stereocenters. The molecule has 1 aliphatic heterocycles. The van der Waals surface area contributed by atoms with Crippen molar-refractivity contribution in [2.75, 3.05) is 0 Å². The number of hydrogen-bond donors (Lipinski definition) is 1. The van der Waals surface area contributed by atoms with Gasteiger partial charge in [-0.3, -0.25) is 5.43 Å². The molecule has 1 N–H and O–H groups in total. The number of nitrogens with one attached hydrogen (secondary N) is 1. The molecule has 1 heterocycles. The quantitative estimate of drug-likeness (QED) is 0.394. The molecule has 0 fully saturated rings. The van der Waals surface area contributed by atoms with Gasteiger partial charge in [-0.15, -0.1) is 0 Å². The Morgan fingerprint density at radius 1 is 2.00 bits per heavy atom. The van der Waals surface area contributed by atoms with Crippen LogP contribution in [-0.2, 0) is 0 Å². The third kappa shape index (κ3) is 0.183. The number of hydrazone groups is 1. The molecule has 0 aliphatic carbocycles. The van der Waals surface area contributed by atoms with E-state index in [-0.39, 0.29) is 0 Å². The number of nitrogens with zero attached hydrogens (tertiary/aromatic N) is 1. The molecule has 22 valence electrons. The summed E-state index contributed by atoms with van der Waals surface area (Å²) in [5, 5.41) is 3.53. The monoisotopic (exact) mass is 74.0 g/mol. The first-order valence-electron chi connectivity index (χ1n) is 0.986. The van der Waals surface area contributed by atoms with E-state index in [4.69, 9.17) is 0 Å². The number of hydrogen-bond acceptors (Lipinski definition) is 2. The van der Waals surface area contributed by atoms with E-state index >= 15 is 0 Å². The van der Waals surface area contributed by atoms with Crippen LogP contribution in [0.25, 0.3) is 0 Å². The lowest BCUT2D eigenvalue weighted by molar-refractivity contribution is 1.26. The van der Waals surface area contributed by atoms with Gasteiger partial charge in [0.1, 0.15) is 0 Å². The number of rotatable bonds is 0. The van der Waals surface area contributed by atoms with E-state index in [0.29, 0.717) is 0 Å². The largest absolute Gasteiger partial charge is 0.258 e. The Kier molecular flexibility index (Phi) is 0.235. The molecule has 0 spiro atoms. The Morgan fingerprint density at radius 3 is 2.25 bits per heavy atom. The first kappa shape index (κ1) is 2.16. The third-order valence-electron chi connectivity index (χ3n) is 0.241. The van der Waals surface area contributed by atoms with Gasteiger partial charge in [-0.2, -0.15) is 5.10 Å². The molecule has 0 bridgehead atoms. The Labute approximate surface area is 26.5 Å². The van der Waals surface area contributed by atoms with Crippen LogP contribution in [0.5, 0.6) is 0 Å². The SMILES string of the molecule is PC1=NN1. The highest BCUT2D eigenvalue weighted by Crippen LogP contribution is 1.92. The minimum Gasteiger partial charge on any atom is -0.258 e. The fourth-order valence-corrected chi connectivity index (χ4v) is 0.0968. The molecule has 0 aromatic heterocycles. The van der Waals surface area contributed by atoms with Gasteiger partial charge in [-0.1, -0.05) is 9.24 Å². The molecule has 1 rings (SSSR count). The smallest absolute Gasteiger partial charge is 0.158 e. The van der Waals surface area contributed by atoms with Crippen LogP contribution in [0.1, 0.15) is 0 Å². The van der Waals surface area contributed by atoms with Crippen LogP contribution >= 0.6 is 9.24 Å². The summed E-state index contributed by atoms with van der Waals surface area (Å²) in [4.78, 5) is 0. The second-order valence-corrected chi connectivity index (χ2v) is 1.16. The number of amidine groups is 1. The van der Waals surface area contributed by atoms with E-state index < -0.39 is 0 Å². The molecular weight excluding hydrogens is 71.0 g/mol. The Bertz CT molecular complexity index is 57.1. The highest BCUT2D eigenvalue weighted by Gasteiger charge is 1.94. The standard InChI is InChI=1S/CH3N2P/c4-1-2-3-1/h4H2,(H,2,3). The van der Waals surface area contributed by atoms with Crippen LogP contribution in [0.2, 0.25) is 0 Å². The topological polar surface area (TPSA) is 34.3 Å². The van der Waals surface area contributed by atoms with Gasteiger partial charge in [0.25, 0.3) is 0 Å². The zero-order chi connectivity index (χ0) is 2.99. The second kappa shape index (κ2) is 0.436. The van der Waals surface area contributed by atoms with Crippen LogP contribution < -0.4 is 5.43 Å². The molecule has 2 nitrogen and oxygen atoms in total. The van der Waals surface area contributed by atoms with Crippen LogP contribution in [0, 0.1) is 0 Å². The molecule has 0 amide bonds. The van der Waals surface area contributed by atoms with Crippen molar-refractivity contribution in [2.45, 2.75) is 0 Å². The minimum atomic E-state index is 0.958. The zero-order valence-electron chi connectivity index (χ0n) is 2.02. The summed E-state index contributed by atoms with van der Waals surface area (Å²) >= 11 is 0. The average molecular weight is 74.0 g/mol. The molecule has 4 heavy (non-hydrogen) atoms. The summed E-state index contributed by atoms with van der Waals surface area (Å²) < 4.78 is 0. The fraction of sp³-hybridized carbons (Fsp3) is 0. The molecule has 1 aliphatic rings. The normalized spacial score (nSPS) is 17.8. The lowest BCUT2D eigenvalue weighted by atomic mass is 11.5. The summed E-state index contributed by atoms with van der Waals surface area (Å²) in [7, 11) is 2.41. The Hall–Kier alpha value is -0.100. The first-order valence-corrected chi connectivity index (χ1v) is 1.56. The van der Waals surface area contributed by atoms with E-state index in [1.807, 2.05) is 0 Å². The van der Waals surface area contributed by atoms with Gasteiger partial charge < -0.3 is 0 Å². The molecule has 0 aromatic rings. The van der Waals surface area contributed by atoms with Gasteiger partial charge >= 0.3 is 0 Å². The van der Waals surface area contributed by atoms with Gasteiger partial charge in [0.05, 0.1) is 0 Å². The van der Waals surface area contributed by atoms with Gasteiger partial charge in [-0.05, 0) is 0 Å². The third-order valence-corrected chi connectivity index (χ3v) is 0.499. The van der Waals surface area contributed by atoms with Gasteiger partial charge in [-0.25, -0.2) is 0 Å². The molecule has 0 saturated carbocycles. The van der Waals surface area contributed by atoms with Gasteiger partial charge in [0.2, 0.25) is 0 Å². The van der Waals surface area contributed by atoms with Crippen LogP contribution in [0.15, 0.2) is 5.10 Å². The van der Waals surface area contributed by atoms with E-state index in [0.717, 1.165) is 5.58 Å². The predicted molar refractivity (Wildman–Crippen MR) is 20.3 cm³/mol. The summed E-state index contributed by atoms with van der Waals surface area (Å²) in [5.41, 5.74) is 3.56. The molecule has 3 heteroatoms. The summed E-state index contributed by atoms with van der Waals surface area (Å²) in [6.07, 6.45) is 0. The summed E-state index contributed by atoms with van der Waals surface area (Å²) in [6, 6.07) is 0. The van der Waals surface area contributed by atoms with Crippen molar-refractivity contribution < 1.29 is 0 Å². The lowest BCUT2D eigenvalue weighted by Gasteiger charge is -1.45. The zero-order valence-corrected chi connectivity index (χ0v) is 3.18. The Balaban J connectivity index is 2.54. The lowest BCUT2D eigenvalue weighted by Crippen LogP contribution is -1.73. The average Bonchev–Trinajstić information content (AvgIpc) is 1.75. The molecule has 0 saturated heterocycles. The van der Waals surface area contributed by atoms with Crippen LogP contribution in [0.4, 0.5) is 0 Å². The van der Waals surface area contributed by atoms with Crippen molar-refractivity contribution in [2.24, 2.45) is 5.10 Å². The molecule has 0 radical (unpaired) electrons. The van der Waals surface area contributed by atoms with Crippen molar-refractivity contribution in [1.82, 2.24) is 5.43 Å². The van der Waals surface area contributed by atoms with E-state index in [2.05, 4.69) is 19.8 Å². The van der Waals surface area contributed by atoms with Gasteiger partial charge in [0, 0.05) is 0 Å². The first-order chi connectivity index (χ1) is 1.89. The highest BCUT2D eigenvalue weighted by molar-refractivity contribution is 7.41. The summed E-state index contributed by atoms with van der Waals surface area (Å²) in [5.74, 6) is 0. The van der Waals surface area contributed by atoms with Gasteiger partial charge in [0.15, 0.2) is 5.58 Å². The van der Waals surface area contributed by atoms with Crippen molar-refractivity contribution in [3.05, 3.63) is 0 Å². The summed E-state index contributed by atoms with van der Waals surface area (Å²) in [6.45, 7) is 0. The van der Waals surface area contributed by atoms with Crippen molar-refractivity contribution >= 4 is 14.8 Å². The van der Waals surface area contributed by atoms with E-state index in [9.17, 15) is 0 Å². The second-order valence-electron chi connectivity index (χ2n) is 0.609. The van der Waals surface area contributed by atoms with Crippen LogP contribution in [0.3, 0.4) is 0 Å². The van der Waals surface area contributed by atoms with Crippen molar-refractivity contribution in [1.29, 1.82) is 0 Å². The van der Waals surface area contributed by atoms with E-state index in [1.165, 1.54) is 0 Å². The maximum Gasteiger partial charge on any atom is 0.158 e. The predicted octanol–water partition coefficient (Wildman–Crippen LogP) is -0.264. The molecule has 1 unspecified atom stereocenters.